The van der Waals surface area contributed by atoms with Crippen molar-refractivity contribution >= 4 is 41.3 Å². The molecule has 0 aliphatic carbocycles. The molecule has 0 aromatic carbocycles. The fourth-order valence-corrected chi connectivity index (χ4v) is 2.68. The van der Waals surface area contributed by atoms with Crippen LogP contribution in [0.1, 0.15) is 23.4 Å². The molecule has 0 aliphatic rings. The van der Waals surface area contributed by atoms with Crippen molar-refractivity contribution in [2.24, 2.45) is 4.99 Å². The minimum absolute atomic E-state index is 0. The second-order valence-electron chi connectivity index (χ2n) is 4.77. The first-order valence-electron chi connectivity index (χ1n) is 7.26. The molecule has 2 N–H and O–H groups in total. The number of nitrogens with one attached hydrogen (secondary N) is 2. The summed E-state index contributed by atoms with van der Waals surface area (Å²) in [5, 5.41) is 15.2. The number of alkyl halides is 3. The lowest BCUT2D eigenvalue weighted by atomic mass is 10.4. The first-order chi connectivity index (χ1) is 11.4. The van der Waals surface area contributed by atoms with E-state index in [2.05, 4.69) is 30.8 Å². The van der Waals surface area contributed by atoms with Gasteiger partial charge in [-0.05, 0) is 0 Å². The SMILES string of the molecule is CCc1nncn1CCNC(=NC)NCc1nc(C(F)(F)F)cs1.I. The van der Waals surface area contributed by atoms with E-state index in [0.717, 1.165) is 29.0 Å². The summed E-state index contributed by atoms with van der Waals surface area (Å²) in [6, 6.07) is 0. The molecule has 0 radical (unpaired) electrons. The summed E-state index contributed by atoms with van der Waals surface area (Å²) >= 11 is 0.959. The molecule has 0 saturated heterocycles. The molecule has 7 nitrogen and oxygen atoms in total. The van der Waals surface area contributed by atoms with Crippen LogP contribution in [0.3, 0.4) is 0 Å². The quantitative estimate of drug-likeness (QED) is 0.370. The third-order valence-electron chi connectivity index (χ3n) is 3.13. The number of hydrogen-bond donors (Lipinski definition) is 2. The second kappa shape index (κ2) is 9.89. The summed E-state index contributed by atoms with van der Waals surface area (Å²) in [7, 11) is 1.59. The zero-order valence-electron chi connectivity index (χ0n) is 13.7. The lowest BCUT2D eigenvalue weighted by molar-refractivity contribution is -0.140. The minimum atomic E-state index is -4.41. The van der Waals surface area contributed by atoms with Crippen molar-refractivity contribution in [2.75, 3.05) is 13.6 Å². The maximum atomic E-state index is 12.5. The van der Waals surface area contributed by atoms with E-state index in [4.69, 9.17) is 0 Å². The highest BCUT2D eigenvalue weighted by Gasteiger charge is 2.33. The predicted octanol–water partition coefficient (Wildman–Crippen LogP) is 2.30. The maximum absolute atomic E-state index is 12.5. The number of aliphatic imine (C=N–C) groups is 1. The van der Waals surface area contributed by atoms with Gasteiger partial charge in [0, 0.05) is 31.9 Å². The van der Waals surface area contributed by atoms with Gasteiger partial charge in [0.25, 0.3) is 0 Å². The van der Waals surface area contributed by atoms with Crippen LogP contribution in [0.5, 0.6) is 0 Å². The lowest BCUT2D eigenvalue weighted by Crippen LogP contribution is -2.38. The zero-order chi connectivity index (χ0) is 17.6. The molecule has 0 amide bonds. The van der Waals surface area contributed by atoms with Crippen LogP contribution in [0.25, 0.3) is 0 Å². The van der Waals surface area contributed by atoms with Crippen molar-refractivity contribution < 1.29 is 13.2 Å². The molecule has 0 bridgehead atoms. The Hall–Kier alpha value is -1.44. The molecule has 2 heterocycles. The van der Waals surface area contributed by atoms with Crippen LogP contribution >= 0.6 is 35.3 Å². The first kappa shape index (κ1) is 21.6. The number of nitrogens with zero attached hydrogens (tertiary/aromatic N) is 5. The summed E-state index contributed by atoms with van der Waals surface area (Å²) in [6.07, 6.45) is -1.96. The molecule has 0 aliphatic heterocycles. The van der Waals surface area contributed by atoms with Gasteiger partial charge < -0.3 is 15.2 Å². The number of halogens is 4. The van der Waals surface area contributed by atoms with E-state index in [0.29, 0.717) is 24.1 Å². The number of hydrogen-bond acceptors (Lipinski definition) is 5. The smallest absolute Gasteiger partial charge is 0.355 e. The van der Waals surface area contributed by atoms with Gasteiger partial charge in [-0.3, -0.25) is 4.99 Å². The van der Waals surface area contributed by atoms with Gasteiger partial charge in [0.1, 0.15) is 17.2 Å². The summed E-state index contributed by atoms with van der Waals surface area (Å²) in [5.74, 6) is 1.38. The van der Waals surface area contributed by atoms with Gasteiger partial charge in [0.15, 0.2) is 11.7 Å². The van der Waals surface area contributed by atoms with Crippen molar-refractivity contribution in [3.8, 4) is 0 Å². The van der Waals surface area contributed by atoms with E-state index in [9.17, 15) is 13.2 Å². The summed E-state index contributed by atoms with van der Waals surface area (Å²) in [6.45, 7) is 3.41. The largest absolute Gasteiger partial charge is 0.434 e. The van der Waals surface area contributed by atoms with Gasteiger partial charge in [-0.15, -0.1) is 45.5 Å². The molecule has 0 unspecified atom stereocenters. The highest BCUT2D eigenvalue weighted by molar-refractivity contribution is 14.0. The van der Waals surface area contributed by atoms with E-state index in [1.54, 1.807) is 13.4 Å². The summed E-state index contributed by atoms with van der Waals surface area (Å²) < 4.78 is 39.4. The molecule has 2 rings (SSSR count). The zero-order valence-corrected chi connectivity index (χ0v) is 16.8. The monoisotopic (exact) mass is 489 g/mol. The molecular weight excluding hydrogens is 470 g/mol. The maximum Gasteiger partial charge on any atom is 0.434 e. The average Bonchev–Trinajstić information content (AvgIpc) is 3.19. The Kier molecular flexibility index (Phi) is 8.55. The molecule has 25 heavy (non-hydrogen) atoms. The Morgan fingerprint density at radius 3 is 2.72 bits per heavy atom. The highest BCUT2D eigenvalue weighted by atomic mass is 127. The summed E-state index contributed by atoms with van der Waals surface area (Å²) in [4.78, 5) is 7.59. The molecule has 12 heteroatoms. The Morgan fingerprint density at radius 1 is 1.36 bits per heavy atom. The van der Waals surface area contributed by atoms with Crippen LogP contribution in [0.4, 0.5) is 13.2 Å². The van der Waals surface area contributed by atoms with E-state index >= 15 is 0 Å². The number of aromatic nitrogens is 4. The molecular formula is C13H19F3IN7S. The average molecular weight is 489 g/mol. The molecule has 2 aromatic heterocycles. The molecule has 0 atom stereocenters. The second-order valence-corrected chi connectivity index (χ2v) is 5.71. The third kappa shape index (κ3) is 6.41. The standard InChI is InChI=1S/C13H18F3N7S.HI/c1-3-10-22-20-8-23(10)5-4-18-12(17-2)19-6-11-21-9(7-24-11)13(14,15)16;/h7-8H,3-6H2,1-2H3,(H2,17,18,19);1H. The van der Waals surface area contributed by atoms with Crippen LogP contribution in [0.2, 0.25) is 0 Å². The van der Waals surface area contributed by atoms with E-state index in [-0.39, 0.29) is 30.5 Å². The molecule has 0 fully saturated rings. The number of thiazole rings is 1. The van der Waals surface area contributed by atoms with Crippen LogP contribution in [-0.2, 0) is 25.7 Å². The van der Waals surface area contributed by atoms with Crippen molar-refractivity contribution in [3.05, 3.63) is 28.2 Å². The Labute approximate surface area is 164 Å². The lowest BCUT2D eigenvalue weighted by Gasteiger charge is -2.11. The Morgan fingerprint density at radius 2 is 2.12 bits per heavy atom. The van der Waals surface area contributed by atoms with Gasteiger partial charge in [-0.1, -0.05) is 6.92 Å². The van der Waals surface area contributed by atoms with Crippen LogP contribution < -0.4 is 10.6 Å². The topological polar surface area (TPSA) is 80.0 Å². The normalized spacial score (nSPS) is 12.0. The number of aryl methyl sites for hydroxylation is 1. The van der Waals surface area contributed by atoms with E-state index in [1.165, 1.54) is 0 Å². The fourth-order valence-electron chi connectivity index (χ4n) is 1.94. The van der Waals surface area contributed by atoms with Gasteiger partial charge in [0.05, 0.1) is 6.54 Å². The highest BCUT2D eigenvalue weighted by Crippen LogP contribution is 2.29. The predicted molar refractivity (Wildman–Crippen MR) is 100 cm³/mol. The number of rotatable bonds is 6. The van der Waals surface area contributed by atoms with Crippen molar-refractivity contribution in [1.29, 1.82) is 0 Å². The summed E-state index contributed by atoms with van der Waals surface area (Å²) in [5.41, 5.74) is -0.869. The van der Waals surface area contributed by atoms with E-state index in [1.807, 2.05) is 11.5 Å². The minimum Gasteiger partial charge on any atom is -0.355 e. The van der Waals surface area contributed by atoms with Gasteiger partial charge >= 0.3 is 6.18 Å². The van der Waals surface area contributed by atoms with Crippen molar-refractivity contribution in [3.63, 3.8) is 0 Å². The van der Waals surface area contributed by atoms with Gasteiger partial charge in [0.2, 0.25) is 0 Å². The number of guanidine groups is 1. The fraction of sp³-hybridized carbons (Fsp3) is 0.538. The van der Waals surface area contributed by atoms with E-state index < -0.39 is 11.9 Å². The van der Waals surface area contributed by atoms with Crippen LogP contribution in [0.15, 0.2) is 16.7 Å². The van der Waals surface area contributed by atoms with Gasteiger partial charge in [-0.2, -0.15) is 13.2 Å². The molecule has 0 saturated carbocycles. The van der Waals surface area contributed by atoms with Crippen LogP contribution in [0, 0.1) is 0 Å². The van der Waals surface area contributed by atoms with Crippen molar-refractivity contribution in [1.82, 2.24) is 30.4 Å². The molecule has 2 aromatic rings. The van der Waals surface area contributed by atoms with Crippen LogP contribution in [-0.4, -0.2) is 39.3 Å². The Bertz CT molecular complexity index is 683. The molecule has 0 spiro atoms. The third-order valence-corrected chi connectivity index (χ3v) is 3.98. The Balaban J connectivity index is 0.00000312. The van der Waals surface area contributed by atoms with Crippen molar-refractivity contribution in [2.45, 2.75) is 32.6 Å². The van der Waals surface area contributed by atoms with Gasteiger partial charge in [-0.25, -0.2) is 4.98 Å². The first-order valence-corrected chi connectivity index (χ1v) is 8.14. The molecule has 140 valence electrons.